The summed E-state index contributed by atoms with van der Waals surface area (Å²) in [6.07, 6.45) is -5.31. The van der Waals surface area contributed by atoms with Crippen molar-refractivity contribution >= 4 is 23.1 Å². The number of alkyl halides is 3. The molecule has 0 bridgehead atoms. The Morgan fingerprint density at radius 2 is 1.81 bits per heavy atom. The Hall–Kier alpha value is -0.850. The van der Waals surface area contributed by atoms with Crippen LogP contribution in [-0.4, -0.2) is 35.6 Å². The minimum Gasteiger partial charge on any atom is -0.392 e. The van der Waals surface area contributed by atoms with Gasteiger partial charge in [-0.05, 0) is 13.8 Å². The van der Waals surface area contributed by atoms with Gasteiger partial charge in [-0.15, -0.1) is 0 Å². The Balaban J connectivity index is 4.46. The van der Waals surface area contributed by atoms with Crippen LogP contribution in [0.2, 0.25) is 0 Å². The number of hydrogen-bond acceptors (Lipinski definition) is 2. The van der Waals surface area contributed by atoms with Gasteiger partial charge in [-0.2, -0.15) is 13.2 Å². The topological polar surface area (TPSA) is 46.3 Å². The standard InChI is InChI=1S/C9H15F3N2OS/c1-8(2,6(13)16)7(15)14(3)5-4-9(10,11)12/h4-5H2,1-3H3,(H2,13,16). The van der Waals surface area contributed by atoms with Crippen LogP contribution in [0, 0.1) is 5.41 Å². The number of carbonyl (C=O) groups excluding carboxylic acids is 1. The molecule has 0 atom stereocenters. The van der Waals surface area contributed by atoms with Crippen molar-refractivity contribution in [1.29, 1.82) is 0 Å². The van der Waals surface area contributed by atoms with Crippen LogP contribution in [0.25, 0.3) is 0 Å². The first-order valence-corrected chi connectivity index (χ1v) is 5.01. The minimum atomic E-state index is -4.28. The van der Waals surface area contributed by atoms with Crippen LogP contribution in [0.1, 0.15) is 20.3 Å². The lowest BCUT2D eigenvalue weighted by molar-refractivity contribution is -0.146. The first-order chi connectivity index (χ1) is 6.98. The van der Waals surface area contributed by atoms with Crippen LogP contribution in [0.15, 0.2) is 0 Å². The molecule has 0 aromatic carbocycles. The van der Waals surface area contributed by atoms with Crippen molar-refractivity contribution in [3.63, 3.8) is 0 Å². The van der Waals surface area contributed by atoms with Gasteiger partial charge in [0.2, 0.25) is 5.91 Å². The second-order valence-corrected chi connectivity index (χ2v) is 4.52. The van der Waals surface area contributed by atoms with E-state index in [-0.39, 0.29) is 4.99 Å². The Morgan fingerprint density at radius 1 is 1.38 bits per heavy atom. The third-order valence-electron chi connectivity index (χ3n) is 2.23. The zero-order chi connectivity index (χ0) is 13.1. The fourth-order valence-corrected chi connectivity index (χ4v) is 1.07. The number of halogens is 3. The Morgan fingerprint density at radius 3 is 2.12 bits per heavy atom. The molecule has 3 nitrogen and oxygen atoms in total. The lowest BCUT2D eigenvalue weighted by Crippen LogP contribution is -2.46. The van der Waals surface area contributed by atoms with Gasteiger partial charge in [-0.1, -0.05) is 12.2 Å². The summed E-state index contributed by atoms with van der Waals surface area (Å²) in [6.45, 7) is 2.58. The first-order valence-electron chi connectivity index (χ1n) is 4.60. The van der Waals surface area contributed by atoms with Crippen molar-refractivity contribution in [1.82, 2.24) is 4.90 Å². The van der Waals surface area contributed by atoms with Crippen LogP contribution < -0.4 is 5.73 Å². The van der Waals surface area contributed by atoms with Crippen molar-refractivity contribution in [2.45, 2.75) is 26.4 Å². The molecule has 0 spiro atoms. The molecule has 0 saturated heterocycles. The summed E-state index contributed by atoms with van der Waals surface area (Å²) in [7, 11) is 1.30. The largest absolute Gasteiger partial charge is 0.392 e. The van der Waals surface area contributed by atoms with Crippen molar-refractivity contribution < 1.29 is 18.0 Å². The molecule has 0 aliphatic carbocycles. The molecule has 0 unspecified atom stereocenters. The van der Waals surface area contributed by atoms with E-state index in [1.54, 1.807) is 0 Å². The molecular formula is C9H15F3N2OS. The van der Waals surface area contributed by atoms with E-state index in [0.29, 0.717) is 0 Å². The summed E-state index contributed by atoms with van der Waals surface area (Å²) >= 11 is 4.69. The SMILES string of the molecule is CN(CCC(F)(F)F)C(=O)C(C)(C)C(N)=S. The molecule has 0 saturated carbocycles. The van der Waals surface area contributed by atoms with Crippen LogP contribution in [0.4, 0.5) is 13.2 Å². The van der Waals surface area contributed by atoms with E-state index < -0.39 is 30.5 Å². The maximum atomic E-state index is 11.9. The van der Waals surface area contributed by atoms with Gasteiger partial charge in [0.1, 0.15) is 0 Å². The van der Waals surface area contributed by atoms with E-state index in [4.69, 9.17) is 18.0 Å². The molecule has 94 valence electrons. The maximum absolute atomic E-state index is 11.9. The summed E-state index contributed by atoms with van der Waals surface area (Å²) in [5, 5.41) is 0. The maximum Gasteiger partial charge on any atom is 0.390 e. The highest BCUT2D eigenvalue weighted by Crippen LogP contribution is 2.22. The molecule has 0 heterocycles. The lowest BCUT2D eigenvalue weighted by Gasteiger charge is -2.28. The van der Waals surface area contributed by atoms with Crippen molar-refractivity contribution in [2.24, 2.45) is 11.1 Å². The molecule has 0 rings (SSSR count). The van der Waals surface area contributed by atoms with E-state index in [0.717, 1.165) is 4.90 Å². The van der Waals surface area contributed by atoms with Gasteiger partial charge in [0.25, 0.3) is 0 Å². The smallest absolute Gasteiger partial charge is 0.390 e. The molecule has 0 aromatic rings. The molecule has 0 fully saturated rings. The molecule has 7 heteroatoms. The van der Waals surface area contributed by atoms with Crippen molar-refractivity contribution in [3.8, 4) is 0 Å². The number of nitrogens with two attached hydrogens (primary N) is 1. The number of amides is 1. The summed E-state index contributed by atoms with van der Waals surface area (Å²) in [5.41, 5.74) is 4.24. The van der Waals surface area contributed by atoms with Gasteiger partial charge in [0.15, 0.2) is 0 Å². The summed E-state index contributed by atoms with van der Waals surface area (Å²) < 4.78 is 35.8. The summed E-state index contributed by atoms with van der Waals surface area (Å²) in [5.74, 6) is -0.510. The molecule has 0 aliphatic heterocycles. The molecule has 2 N–H and O–H groups in total. The second-order valence-electron chi connectivity index (χ2n) is 4.08. The van der Waals surface area contributed by atoms with Crippen LogP contribution in [-0.2, 0) is 4.79 Å². The molecule has 0 radical (unpaired) electrons. The van der Waals surface area contributed by atoms with Crippen LogP contribution >= 0.6 is 12.2 Å². The minimum absolute atomic E-state index is 0.0311. The van der Waals surface area contributed by atoms with E-state index >= 15 is 0 Å². The number of rotatable bonds is 4. The molecule has 1 amide bonds. The van der Waals surface area contributed by atoms with Gasteiger partial charge >= 0.3 is 6.18 Å². The first kappa shape index (κ1) is 15.2. The predicted molar refractivity (Wildman–Crippen MR) is 58.9 cm³/mol. The number of nitrogens with zero attached hydrogens (tertiary/aromatic N) is 1. The summed E-state index contributed by atoms with van der Waals surface area (Å²) in [4.78, 5) is 12.7. The monoisotopic (exact) mass is 256 g/mol. The highest BCUT2D eigenvalue weighted by atomic mass is 32.1. The number of carbonyl (C=O) groups is 1. The Kier molecular flexibility index (Phi) is 4.72. The highest BCUT2D eigenvalue weighted by Gasteiger charge is 2.35. The predicted octanol–water partition coefficient (Wildman–Crippen LogP) is 1.71. The molecule has 0 aliphatic rings. The van der Waals surface area contributed by atoms with E-state index in [1.165, 1.54) is 20.9 Å². The highest BCUT2D eigenvalue weighted by molar-refractivity contribution is 7.80. The van der Waals surface area contributed by atoms with Gasteiger partial charge in [0.05, 0.1) is 16.8 Å². The van der Waals surface area contributed by atoms with Gasteiger partial charge in [-0.3, -0.25) is 4.79 Å². The third kappa shape index (κ3) is 4.34. The van der Waals surface area contributed by atoms with Gasteiger partial charge < -0.3 is 10.6 Å². The fraction of sp³-hybridized carbons (Fsp3) is 0.778. The zero-order valence-electron chi connectivity index (χ0n) is 9.39. The molecule has 16 heavy (non-hydrogen) atoms. The molecular weight excluding hydrogens is 241 g/mol. The number of thiocarbonyl (C=S) groups is 1. The van der Waals surface area contributed by atoms with E-state index in [2.05, 4.69) is 0 Å². The van der Waals surface area contributed by atoms with Crippen LogP contribution in [0.5, 0.6) is 0 Å². The van der Waals surface area contributed by atoms with Crippen molar-refractivity contribution in [2.75, 3.05) is 13.6 Å². The van der Waals surface area contributed by atoms with Crippen LogP contribution in [0.3, 0.4) is 0 Å². The second kappa shape index (κ2) is 4.99. The average Bonchev–Trinajstić information content (AvgIpc) is 2.11. The lowest BCUT2D eigenvalue weighted by atomic mass is 9.92. The van der Waals surface area contributed by atoms with Crippen molar-refractivity contribution in [3.05, 3.63) is 0 Å². The quantitative estimate of drug-likeness (QED) is 0.779. The van der Waals surface area contributed by atoms with Gasteiger partial charge in [-0.25, -0.2) is 0 Å². The Bertz CT molecular complexity index is 289. The fourth-order valence-electron chi connectivity index (χ4n) is 0.979. The summed E-state index contributed by atoms with van der Waals surface area (Å²) in [6, 6.07) is 0. The molecule has 0 aromatic heterocycles. The third-order valence-corrected chi connectivity index (χ3v) is 2.74. The van der Waals surface area contributed by atoms with E-state index in [1.807, 2.05) is 0 Å². The zero-order valence-corrected chi connectivity index (χ0v) is 10.2. The normalized spacial score (nSPS) is 12.4. The average molecular weight is 256 g/mol. The number of hydrogen-bond donors (Lipinski definition) is 1. The Labute approximate surface area is 97.8 Å². The van der Waals surface area contributed by atoms with Gasteiger partial charge in [0, 0.05) is 13.6 Å². The van der Waals surface area contributed by atoms with E-state index in [9.17, 15) is 18.0 Å².